The maximum atomic E-state index is 5.89. The number of benzene rings is 2. The molecule has 0 spiro atoms. The third-order valence-corrected chi connectivity index (χ3v) is 3.74. The first-order valence-corrected chi connectivity index (χ1v) is 7.63. The molecule has 23 heavy (non-hydrogen) atoms. The van der Waals surface area contributed by atoms with Crippen molar-refractivity contribution in [3.63, 3.8) is 0 Å². The average molecular weight is 304 g/mol. The van der Waals surface area contributed by atoms with Gasteiger partial charge in [0.2, 0.25) is 11.8 Å². The summed E-state index contributed by atoms with van der Waals surface area (Å²) in [7, 11) is 0. The summed E-state index contributed by atoms with van der Waals surface area (Å²) in [6, 6.07) is 15.8. The Balaban J connectivity index is 1.59. The molecule has 0 bridgehead atoms. The number of ether oxygens (including phenoxy) is 1. The van der Waals surface area contributed by atoms with Crippen LogP contribution in [-0.2, 0) is 0 Å². The molecular weight excluding hydrogens is 288 g/mol. The molecule has 0 radical (unpaired) electrons. The number of rotatable bonds is 3. The lowest BCUT2D eigenvalue weighted by atomic mass is 10.3. The van der Waals surface area contributed by atoms with Gasteiger partial charge in [-0.25, -0.2) is 4.98 Å². The minimum absolute atomic E-state index is 0.585. The summed E-state index contributed by atoms with van der Waals surface area (Å²) in [6.07, 6.45) is 5.67. The molecule has 0 aliphatic carbocycles. The van der Waals surface area contributed by atoms with Crippen molar-refractivity contribution >= 4 is 22.9 Å². The lowest BCUT2D eigenvalue weighted by Crippen LogP contribution is -2.18. The van der Waals surface area contributed by atoms with Crippen LogP contribution in [0.3, 0.4) is 0 Å². The molecule has 0 saturated carbocycles. The van der Waals surface area contributed by atoms with E-state index in [4.69, 9.17) is 9.15 Å². The Morgan fingerprint density at radius 2 is 1.91 bits per heavy atom. The summed E-state index contributed by atoms with van der Waals surface area (Å²) in [4.78, 5) is 6.55. The number of hydrogen-bond donors (Lipinski definition) is 0. The Morgan fingerprint density at radius 1 is 1.09 bits per heavy atom. The number of aromatic nitrogens is 1. The second-order valence-electron chi connectivity index (χ2n) is 5.20. The molecule has 0 atom stereocenters. The summed E-state index contributed by atoms with van der Waals surface area (Å²) >= 11 is 0. The summed E-state index contributed by atoms with van der Waals surface area (Å²) in [5.74, 6) is 2.28. The highest BCUT2D eigenvalue weighted by molar-refractivity contribution is 5.73. The van der Waals surface area contributed by atoms with Crippen LogP contribution in [0.1, 0.15) is 12.8 Å². The molecule has 0 unspecified atom stereocenters. The van der Waals surface area contributed by atoms with Gasteiger partial charge in [0.05, 0.1) is 5.69 Å². The van der Waals surface area contributed by atoms with Crippen molar-refractivity contribution in [3.05, 3.63) is 72.5 Å². The van der Waals surface area contributed by atoms with E-state index in [1.807, 2.05) is 60.7 Å². The van der Waals surface area contributed by atoms with E-state index < -0.39 is 0 Å². The second kappa shape index (κ2) is 5.65. The monoisotopic (exact) mass is 304 g/mol. The maximum absolute atomic E-state index is 5.89. The fourth-order valence-electron chi connectivity index (χ4n) is 2.68. The number of fused-ring (bicyclic) bond motifs is 2. The van der Waals surface area contributed by atoms with Crippen LogP contribution in [-0.4, -0.2) is 11.5 Å². The molecule has 0 N–H and O–H groups in total. The highest BCUT2D eigenvalue weighted by Gasteiger charge is 2.23. The van der Waals surface area contributed by atoms with Crippen LogP contribution in [0.5, 0.6) is 5.75 Å². The summed E-state index contributed by atoms with van der Waals surface area (Å²) in [5, 5.41) is 0. The molecule has 114 valence electrons. The van der Waals surface area contributed by atoms with Gasteiger partial charge in [-0.15, -0.1) is 0 Å². The van der Waals surface area contributed by atoms with E-state index in [2.05, 4.69) is 22.9 Å². The van der Waals surface area contributed by atoms with Crippen LogP contribution in [0, 0.1) is 0 Å². The van der Waals surface area contributed by atoms with E-state index in [1.54, 1.807) is 0 Å². The largest absolute Gasteiger partial charge is 0.439 e. The van der Waals surface area contributed by atoms with Gasteiger partial charge in [0.25, 0.3) is 0 Å². The summed E-state index contributed by atoms with van der Waals surface area (Å²) in [5.41, 5.74) is 2.75. The second-order valence-corrected chi connectivity index (χ2v) is 5.20. The number of allylic oxidation sites excluding steroid dienone is 2. The van der Waals surface area contributed by atoms with Crippen LogP contribution >= 0.6 is 0 Å². The highest BCUT2D eigenvalue weighted by atomic mass is 16.5. The van der Waals surface area contributed by atoms with Crippen molar-refractivity contribution in [2.75, 3.05) is 11.4 Å². The number of para-hydroxylation sites is 4. The van der Waals surface area contributed by atoms with Gasteiger partial charge in [-0.2, -0.15) is 0 Å². The standard InChI is InChI=1S/C19H16N2O2/c1-2-21-15-9-4-6-11-17(15)23-19(21)13-7-12-18-20-14-8-3-5-10-16(14)22-18/h3-13H,2H2,1H3. The van der Waals surface area contributed by atoms with Gasteiger partial charge in [-0.3, -0.25) is 0 Å². The zero-order chi connectivity index (χ0) is 15.6. The van der Waals surface area contributed by atoms with Gasteiger partial charge in [-0.1, -0.05) is 30.3 Å². The zero-order valence-electron chi connectivity index (χ0n) is 12.8. The lowest BCUT2D eigenvalue weighted by molar-refractivity contribution is 0.440. The molecule has 4 rings (SSSR count). The van der Waals surface area contributed by atoms with Crippen molar-refractivity contribution in [1.29, 1.82) is 0 Å². The Morgan fingerprint density at radius 3 is 2.78 bits per heavy atom. The number of oxazole rings is 1. The summed E-state index contributed by atoms with van der Waals surface area (Å²) < 4.78 is 11.6. The van der Waals surface area contributed by atoms with E-state index in [0.717, 1.165) is 35.0 Å². The third kappa shape index (κ3) is 2.48. The molecule has 1 aromatic heterocycles. The summed E-state index contributed by atoms with van der Waals surface area (Å²) in [6.45, 7) is 2.95. The van der Waals surface area contributed by atoms with Crippen LogP contribution in [0.25, 0.3) is 17.2 Å². The van der Waals surface area contributed by atoms with Gasteiger partial charge in [-0.05, 0) is 37.3 Å². The first kappa shape index (κ1) is 13.6. The quantitative estimate of drug-likeness (QED) is 0.708. The van der Waals surface area contributed by atoms with Crippen LogP contribution in [0.4, 0.5) is 5.69 Å². The zero-order valence-corrected chi connectivity index (χ0v) is 12.8. The molecule has 4 heteroatoms. The van der Waals surface area contributed by atoms with E-state index in [0.29, 0.717) is 5.89 Å². The molecule has 1 aliphatic heterocycles. The van der Waals surface area contributed by atoms with Gasteiger partial charge in [0.15, 0.2) is 11.3 Å². The van der Waals surface area contributed by atoms with Gasteiger partial charge < -0.3 is 14.1 Å². The minimum Gasteiger partial charge on any atom is -0.439 e. The van der Waals surface area contributed by atoms with Crippen molar-refractivity contribution in [2.24, 2.45) is 0 Å². The van der Waals surface area contributed by atoms with Crippen molar-refractivity contribution in [2.45, 2.75) is 6.92 Å². The predicted molar refractivity (Wildman–Crippen MR) is 91.2 cm³/mol. The first-order chi connectivity index (χ1) is 11.3. The SMILES string of the molecule is CCN1C(=CC=Cc2nc3ccccc3o2)Oc2ccccc21. The van der Waals surface area contributed by atoms with E-state index in [9.17, 15) is 0 Å². The van der Waals surface area contributed by atoms with E-state index in [-0.39, 0.29) is 0 Å². The lowest BCUT2D eigenvalue weighted by Gasteiger charge is -2.14. The minimum atomic E-state index is 0.585. The van der Waals surface area contributed by atoms with Crippen LogP contribution < -0.4 is 9.64 Å². The average Bonchev–Trinajstić information content (AvgIpc) is 3.14. The number of nitrogens with zero attached hydrogens (tertiary/aromatic N) is 2. The maximum Gasteiger partial charge on any atom is 0.219 e. The normalized spacial score (nSPS) is 15.5. The van der Waals surface area contributed by atoms with Gasteiger partial charge in [0.1, 0.15) is 5.52 Å². The Hall–Kier alpha value is -3.01. The smallest absolute Gasteiger partial charge is 0.219 e. The molecule has 4 nitrogen and oxygen atoms in total. The molecule has 2 aromatic carbocycles. The van der Waals surface area contributed by atoms with Crippen molar-refractivity contribution < 1.29 is 9.15 Å². The molecule has 2 heterocycles. The number of hydrogen-bond acceptors (Lipinski definition) is 4. The Kier molecular flexibility index (Phi) is 3.35. The van der Waals surface area contributed by atoms with Crippen molar-refractivity contribution in [1.82, 2.24) is 4.98 Å². The molecule has 0 saturated heterocycles. The molecule has 0 fully saturated rings. The van der Waals surface area contributed by atoms with Gasteiger partial charge in [0, 0.05) is 12.6 Å². The van der Waals surface area contributed by atoms with Crippen molar-refractivity contribution in [3.8, 4) is 5.75 Å². The van der Waals surface area contributed by atoms with Gasteiger partial charge >= 0.3 is 0 Å². The van der Waals surface area contributed by atoms with E-state index >= 15 is 0 Å². The fourth-order valence-corrected chi connectivity index (χ4v) is 2.68. The molecule has 1 aliphatic rings. The topological polar surface area (TPSA) is 38.5 Å². The molecule has 3 aromatic rings. The Bertz CT molecular complexity index is 875. The third-order valence-electron chi connectivity index (χ3n) is 3.74. The first-order valence-electron chi connectivity index (χ1n) is 7.63. The van der Waals surface area contributed by atoms with Crippen LogP contribution in [0.2, 0.25) is 0 Å². The Labute approximate surface area is 134 Å². The highest BCUT2D eigenvalue weighted by Crippen LogP contribution is 2.38. The van der Waals surface area contributed by atoms with Crippen LogP contribution in [0.15, 0.2) is 71.0 Å². The fraction of sp³-hybridized carbons (Fsp3) is 0.105. The molecular formula is C19H16N2O2. The predicted octanol–water partition coefficient (Wildman–Crippen LogP) is 4.60. The van der Waals surface area contributed by atoms with E-state index in [1.165, 1.54) is 0 Å². The molecule has 0 amide bonds. The number of anilines is 1.